The Hall–Kier alpha value is -1.68. The molecule has 0 spiro atoms. The molecule has 0 aliphatic heterocycles. The summed E-state index contributed by atoms with van der Waals surface area (Å²) in [5, 5.41) is 3.01. The summed E-state index contributed by atoms with van der Waals surface area (Å²) in [4.78, 5) is 15.2. The summed E-state index contributed by atoms with van der Waals surface area (Å²) in [6.45, 7) is 13.7. The fourth-order valence-electron chi connectivity index (χ4n) is 0.935. The van der Waals surface area contributed by atoms with Crippen molar-refractivity contribution >= 4 is 11.7 Å². The van der Waals surface area contributed by atoms with Crippen molar-refractivity contribution in [3.63, 3.8) is 0 Å². The van der Waals surface area contributed by atoms with Crippen LogP contribution in [0, 0.1) is 0 Å². The smallest absolute Gasteiger partial charge is 0.334 e. The van der Waals surface area contributed by atoms with Gasteiger partial charge in [-0.3, -0.25) is 4.99 Å². The second-order valence-corrected chi connectivity index (χ2v) is 2.93. The van der Waals surface area contributed by atoms with E-state index in [2.05, 4.69) is 30.0 Å². The minimum Gasteiger partial charge on any atom is -0.463 e. The number of carbonyl (C=O) groups is 1. The summed E-state index contributed by atoms with van der Waals surface area (Å²) in [7, 11) is 0. The van der Waals surface area contributed by atoms with E-state index in [1.54, 1.807) is 13.0 Å². The molecule has 0 aliphatic carbocycles. The number of rotatable bonds is 8. The molecule has 88 valence electrons. The minimum atomic E-state index is -0.379. The molecular weight excluding hydrogens is 204 g/mol. The average molecular weight is 222 g/mol. The first-order chi connectivity index (χ1) is 7.65. The maximum absolute atomic E-state index is 11.2. The van der Waals surface area contributed by atoms with Crippen molar-refractivity contribution in [1.82, 2.24) is 5.32 Å². The van der Waals surface area contributed by atoms with Crippen LogP contribution in [0.5, 0.6) is 0 Å². The predicted octanol–water partition coefficient (Wildman–Crippen LogP) is 1.47. The van der Waals surface area contributed by atoms with Crippen LogP contribution in [0.25, 0.3) is 0 Å². The Bertz CT molecular complexity index is 306. The first-order valence-electron chi connectivity index (χ1n) is 5.01. The molecule has 0 aromatic rings. The largest absolute Gasteiger partial charge is 0.463 e. The van der Waals surface area contributed by atoms with Gasteiger partial charge >= 0.3 is 5.97 Å². The summed E-state index contributed by atoms with van der Waals surface area (Å²) in [5.41, 5.74) is 1.15. The van der Waals surface area contributed by atoms with Gasteiger partial charge in [-0.15, -0.1) is 0 Å². The highest BCUT2D eigenvalue weighted by atomic mass is 16.5. The Kier molecular flexibility index (Phi) is 7.71. The molecule has 0 saturated heterocycles. The van der Waals surface area contributed by atoms with Gasteiger partial charge in [-0.05, 0) is 13.0 Å². The molecule has 0 bridgehead atoms. The Morgan fingerprint density at radius 2 is 2.12 bits per heavy atom. The van der Waals surface area contributed by atoms with Gasteiger partial charge < -0.3 is 10.1 Å². The monoisotopic (exact) mass is 222 g/mol. The van der Waals surface area contributed by atoms with Gasteiger partial charge in [0.15, 0.2) is 0 Å². The van der Waals surface area contributed by atoms with Gasteiger partial charge in [0.1, 0.15) is 0 Å². The molecule has 0 radical (unpaired) electrons. The fourth-order valence-corrected chi connectivity index (χ4v) is 0.935. The first kappa shape index (κ1) is 14.3. The van der Waals surface area contributed by atoms with E-state index in [1.807, 2.05) is 0 Å². The van der Waals surface area contributed by atoms with Crippen molar-refractivity contribution in [2.45, 2.75) is 6.92 Å². The maximum atomic E-state index is 11.2. The Labute approximate surface area is 96.4 Å². The normalized spacial score (nSPS) is 10.7. The molecule has 0 heterocycles. The molecule has 16 heavy (non-hydrogen) atoms. The van der Waals surface area contributed by atoms with Gasteiger partial charge in [0.05, 0.1) is 12.3 Å². The lowest BCUT2D eigenvalue weighted by Crippen LogP contribution is -2.26. The molecule has 0 aromatic heterocycles. The summed E-state index contributed by atoms with van der Waals surface area (Å²) in [6.07, 6.45) is 3.07. The van der Waals surface area contributed by atoms with Gasteiger partial charge in [-0.25, -0.2) is 4.79 Å². The molecule has 0 amide bonds. The van der Waals surface area contributed by atoms with Gasteiger partial charge in [-0.2, -0.15) is 0 Å². The molecular formula is C12H18N2O2. The number of esters is 1. The first-order valence-corrected chi connectivity index (χ1v) is 5.01. The molecule has 0 unspecified atom stereocenters. The van der Waals surface area contributed by atoms with Crippen LogP contribution >= 0.6 is 0 Å². The molecule has 0 atom stereocenters. The molecule has 4 nitrogen and oxygen atoms in total. The average Bonchev–Trinajstić information content (AvgIpc) is 2.28. The van der Waals surface area contributed by atoms with Gasteiger partial charge in [0.2, 0.25) is 0 Å². The van der Waals surface area contributed by atoms with E-state index in [4.69, 9.17) is 4.74 Å². The lowest BCUT2D eigenvalue weighted by Gasteiger charge is -2.06. The van der Waals surface area contributed by atoms with E-state index in [0.29, 0.717) is 25.3 Å². The van der Waals surface area contributed by atoms with E-state index in [0.717, 1.165) is 5.71 Å². The molecule has 4 heteroatoms. The molecule has 0 fully saturated rings. The van der Waals surface area contributed by atoms with Crippen LogP contribution < -0.4 is 5.32 Å². The number of hydrogen-bond acceptors (Lipinski definition) is 4. The van der Waals surface area contributed by atoms with Gasteiger partial charge in [0, 0.05) is 24.9 Å². The molecule has 0 rings (SSSR count). The molecule has 0 aliphatic rings. The number of nitrogens with one attached hydrogen (secondary N) is 1. The van der Waals surface area contributed by atoms with Crippen molar-refractivity contribution in [3.8, 4) is 0 Å². The van der Waals surface area contributed by atoms with E-state index >= 15 is 0 Å². The lowest BCUT2D eigenvalue weighted by atomic mass is 10.3. The zero-order valence-corrected chi connectivity index (χ0v) is 9.66. The van der Waals surface area contributed by atoms with E-state index in [9.17, 15) is 4.79 Å². The Morgan fingerprint density at radius 3 is 2.62 bits per heavy atom. The summed E-state index contributed by atoms with van der Waals surface area (Å²) in [5.74, 6) is -0.379. The second kappa shape index (κ2) is 8.61. The number of carbonyl (C=O) groups excluding carboxylic acids is 1. The molecule has 0 aromatic carbocycles. The van der Waals surface area contributed by atoms with Crippen molar-refractivity contribution in [3.05, 3.63) is 37.6 Å². The predicted molar refractivity (Wildman–Crippen MR) is 66.5 cm³/mol. The standard InChI is InChI=1S/C12H18N2O2/c1-5-11(14-6-2)9-13-8-10(4)12(15)16-7-3/h5-6,13H,1-2,4,7-9H2,3H3. The zero-order valence-electron chi connectivity index (χ0n) is 9.66. The van der Waals surface area contributed by atoms with Crippen LogP contribution in [-0.4, -0.2) is 31.4 Å². The summed E-state index contributed by atoms with van der Waals surface area (Å²) < 4.78 is 4.79. The van der Waals surface area contributed by atoms with Crippen LogP contribution in [0.2, 0.25) is 0 Å². The van der Waals surface area contributed by atoms with Crippen molar-refractivity contribution in [2.24, 2.45) is 4.99 Å². The number of aliphatic imine (C=N–C) groups is 1. The van der Waals surface area contributed by atoms with Crippen LogP contribution in [0.3, 0.4) is 0 Å². The second-order valence-electron chi connectivity index (χ2n) is 2.93. The highest BCUT2D eigenvalue weighted by molar-refractivity contribution is 5.96. The third-order valence-corrected chi connectivity index (χ3v) is 1.70. The van der Waals surface area contributed by atoms with Crippen molar-refractivity contribution in [2.75, 3.05) is 19.7 Å². The number of ether oxygens (including phenoxy) is 1. The van der Waals surface area contributed by atoms with E-state index in [1.165, 1.54) is 6.20 Å². The lowest BCUT2D eigenvalue weighted by molar-refractivity contribution is -0.138. The SMILES string of the molecule is C=CN=C(C=C)CNCC(=C)C(=O)OCC. The minimum absolute atomic E-state index is 0.355. The van der Waals surface area contributed by atoms with Crippen LogP contribution in [0.4, 0.5) is 0 Å². The van der Waals surface area contributed by atoms with E-state index < -0.39 is 0 Å². The van der Waals surface area contributed by atoms with Crippen LogP contribution in [0.1, 0.15) is 6.92 Å². The summed E-state index contributed by atoms with van der Waals surface area (Å²) in [6, 6.07) is 0. The maximum Gasteiger partial charge on any atom is 0.334 e. The van der Waals surface area contributed by atoms with Gasteiger partial charge in [-0.1, -0.05) is 19.7 Å². The van der Waals surface area contributed by atoms with Crippen LogP contribution in [0.15, 0.2) is 42.6 Å². The topological polar surface area (TPSA) is 50.7 Å². The highest BCUT2D eigenvalue weighted by Crippen LogP contribution is 1.92. The third-order valence-electron chi connectivity index (χ3n) is 1.70. The van der Waals surface area contributed by atoms with Crippen molar-refractivity contribution < 1.29 is 9.53 Å². The fraction of sp³-hybridized carbons (Fsp3) is 0.333. The quantitative estimate of drug-likeness (QED) is 0.384. The van der Waals surface area contributed by atoms with Crippen molar-refractivity contribution in [1.29, 1.82) is 0 Å². The number of hydrogen-bond donors (Lipinski definition) is 1. The Balaban J connectivity index is 3.93. The Morgan fingerprint density at radius 1 is 1.44 bits per heavy atom. The zero-order chi connectivity index (χ0) is 12.4. The highest BCUT2D eigenvalue weighted by Gasteiger charge is 2.06. The molecule has 1 N–H and O–H groups in total. The third kappa shape index (κ3) is 5.93. The molecule has 0 saturated carbocycles. The van der Waals surface area contributed by atoms with Crippen LogP contribution in [-0.2, 0) is 9.53 Å². The van der Waals surface area contributed by atoms with Gasteiger partial charge in [0.25, 0.3) is 0 Å². The summed E-state index contributed by atoms with van der Waals surface area (Å²) >= 11 is 0. The van der Waals surface area contributed by atoms with E-state index in [-0.39, 0.29) is 5.97 Å². The number of nitrogens with zero attached hydrogens (tertiary/aromatic N) is 1.